The molecule has 6 heteroatoms. The van der Waals surface area contributed by atoms with E-state index in [0.29, 0.717) is 19.3 Å². The lowest BCUT2D eigenvalue weighted by Crippen LogP contribution is -2.30. The summed E-state index contributed by atoms with van der Waals surface area (Å²) in [5.74, 6) is -1.03. The van der Waals surface area contributed by atoms with Gasteiger partial charge in [0.05, 0.1) is 0 Å². The number of hydrogen-bond donors (Lipinski definition) is 0. The standard InChI is InChI=1S/C50H82O6/c1-4-7-10-13-16-19-21-23-24-25-26-27-29-31-34-37-40-43-49(52)55-46-47(45-54-48(51)42-39-36-33-30-18-15-12-9-6-3)56-50(53)44-41-38-35-32-28-22-20-17-14-11-8-5-2/h9,12,16-20,23-24,26-27,30-31,34,47H,4-8,10-11,13-15,21-22,25,28-29,32-33,35-46H2,1-3H3/b12-9-,19-16-,20-17-,24-23-,27-26-,30-18-,34-31-. The number of carbonyl (C=O) groups excluding carboxylic acids is 3. The van der Waals surface area contributed by atoms with Gasteiger partial charge in [0.1, 0.15) is 13.2 Å². The first-order valence-electron chi connectivity index (χ1n) is 22.6. The van der Waals surface area contributed by atoms with Crippen molar-refractivity contribution in [3.05, 3.63) is 85.1 Å². The number of hydrogen-bond acceptors (Lipinski definition) is 6. The fourth-order valence-electron chi connectivity index (χ4n) is 5.70. The molecule has 0 N–H and O–H groups in total. The van der Waals surface area contributed by atoms with Crippen LogP contribution in [0, 0.1) is 0 Å². The van der Waals surface area contributed by atoms with Crippen molar-refractivity contribution in [3.63, 3.8) is 0 Å². The molecular formula is C50H82O6. The molecule has 0 aromatic rings. The van der Waals surface area contributed by atoms with Crippen molar-refractivity contribution in [2.75, 3.05) is 13.2 Å². The van der Waals surface area contributed by atoms with Crippen molar-refractivity contribution in [3.8, 4) is 0 Å². The van der Waals surface area contributed by atoms with Crippen molar-refractivity contribution in [1.82, 2.24) is 0 Å². The molecule has 0 aliphatic rings. The van der Waals surface area contributed by atoms with E-state index in [1.165, 1.54) is 57.8 Å². The summed E-state index contributed by atoms with van der Waals surface area (Å²) in [6.07, 6.45) is 55.8. The van der Waals surface area contributed by atoms with Crippen LogP contribution in [0.5, 0.6) is 0 Å². The maximum Gasteiger partial charge on any atom is 0.306 e. The quantitative estimate of drug-likeness (QED) is 0.0268. The highest BCUT2D eigenvalue weighted by molar-refractivity contribution is 5.71. The van der Waals surface area contributed by atoms with E-state index in [4.69, 9.17) is 14.2 Å². The van der Waals surface area contributed by atoms with E-state index in [0.717, 1.165) is 89.9 Å². The van der Waals surface area contributed by atoms with E-state index in [-0.39, 0.29) is 37.5 Å². The van der Waals surface area contributed by atoms with E-state index in [9.17, 15) is 14.4 Å². The zero-order chi connectivity index (χ0) is 40.8. The molecule has 0 saturated carbocycles. The van der Waals surface area contributed by atoms with Gasteiger partial charge in [-0.3, -0.25) is 14.4 Å². The van der Waals surface area contributed by atoms with Crippen LogP contribution in [-0.4, -0.2) is 37.2 Å². The Kier molecular flexibility index (Phi) is 41.6. The minimum absolute atomic E-state index is 0.115. The number of allylic oxidation sites excluding steroid dienone is 14. The Balaban J connectivity index is 4.49. The molecule has 0 spiro atoms. The fourth-order valence-corrected chi connectivity index (χ4v) is 5.70. The third kappa shape index (κ3) is 41.7. The van der Waals surface area contributed by atoms with Crippen LogP contribution in [0.1, 0.15) is 194 Å². The third-order valence-corrected chi connectivity index (χ3v) is 9.10. The van der Waals surface area contributed by atoms with Crippen molar-refractivity contribution in [2.24, 2.45) is 0 Å². The van der Waals surface area contributed by atoms with Gasteiger partial charge < -0.3 is 14.2 Å². The van der Waals surface area contributed by atoms with Crippen LogP contribution in [0.3, 0.4) is 0 Å². The van der Waals surface area contributed by atoms with E-state index in [2.05, 4.69) is 106 Å². The maximum absolute atomic E-state index is 12.7. The van der Waals surface area contributed by atoms with Gasteiger partial charge in [0.15, 0.2) is 6.10 Å². The molecule has 0 aromatic carbocycles. The van der Waals surface area contributed by atoms with Crippen LogP contribution < -0.4 is 0 Å². The summed E-state index contributed by atoms with van der Waals surface area (Å²) in [6.45, 7) is 6.34. The molecule has 0 heterocycles. The minimum Gasteiger partial charge on any atom is -0.462 e. The summed E-state index contributed by atoms with van der Waals surface area (Å²) in [4.78, 5) is 37.6. The Morgan fingerprint density at radius 3 is 1.21 bits per heavy atom. The third-order valence-electron chi connectivity index (χ3n) is 9.10. The zero-order valence-electron chi connectivity index (χ0n) is 36.1. The highest BCUT2D eigenvalue weighted by atomic mass is 16.6. The van der Waals surface area contributed by atoms with Crippen molar-refractivity contribution in [1.29, 1.82) is 0 Å². The number of unbranched alkanes of at least 4 members (excludes halogenated alkanes) is 14. The van der Waals surface area contributed by atoms with Gasteiger partial charge >= 0.3 is 17.9 Å². The smallest absolute Gasteiger partial charge is 0.306 e. The molecule has 0 aliphatic carbocycles. The molecular weight excluding hydrogens is 697 g/mol. The Morgan fingerprint density at radius 2 is 0.714 bits per heavy atom. The summed E-state index contributed by atoms with van der Waals surface area (Å²) >= 11 is 0. The van der Waals surface area contributed by atoms with Gasteiger partial charge in [0.2, 0.25) is 0 Å². The maximum atomic E-state index is 12.7. The van der Waals surface area contributed by atoms with Gasteiger partial charge in [-0.1, -0.05) is 151 Å². The van der Waals surface area contributed by atoms with E-state index >= 15 is 0 Å². The normalized spacial score (nSPS) is 12.8. The van der Waals surface area contributed by atoms with Gasteiger partial charge in [-0.05, 0) is 109 Å². The molecule has 318 valence electrons. The minimum atomic E-state index is -0.813. The van der Waals surface area contributed by atoms with Gasteiger partial charge in [-0.15, -0.1) is 0 Å². The number of rotatable bonds is 39. The van der Waals surface area contributed by atoms with Gasteiger partial charge in [-0.25, -0.2) is 0 Å². The second kappa shape index (κ2) is 44.3. The molecule has 0 amide bonds. The summed E-state index contributed by atoms with van der Waals surface area (Å²) < 4.78 is 16.6. The molecule has 0 rings (SSSR count). The Bertz CT molecular complexity index is 1120. The zero-order valence-corrected chi connectivity index (χ0v) is 36.1. The molecule has 0 fully saturated rings. The molecule has 1 unspecified atom stereocenters. The summed E-state index contributed by atoms with van der Waals surface area (Å²) in [5, 5.41) is 0. The lowest BCUT2D eigenvalue weighted by atomic mass is 10.1. The first-order valence-corrected chi connectivity index (χ1v) is 22.6. The topological polar surface area (TPSA) is 78.9 Å². The predicted molar refractivity (Wildman–Crippen MR) is 237 cm³/mol. The van der Waals surface area contributed by atoms with Crippen LogP contribution in [0.15, 0.2) is 85.1 Å². The van der Waals surface area contributed by atoms with Crippen molar-refractivity contribution < 1.29 is 28.6 Å². The van der Waals surface area contributed by atoms with E-state index < -0.39 is 6.10 Å². The van der Waals surface area contributed by atoms with Gasteiger partial charge in [-0.2, -0.15) is 0 Å². The molecule has 6 nitrogen and oxygen atoms in total. The monoisotopic (exact) mass is 779 g/mol. The molecule has 0 saturated heterocycles. The van der Waals surface area contributed by atoms with Crippen LogP contribution in [0.25, 0.3) is 0 Å². The molecule has 1 atom stereocenters. The second-order valence-corrected chi connectivity index (χ2v) is 14.6. The van der Waals surface area contributed by atoms with Crippen LogP contribution >= 0.6 is 0 Å². The lowest BCUT2D eigenvalue weighted by Gasteiger charge is -2.18. The molecule has 0 radical (unpaired) electrons. The molecule has 0 bridgehead atoms. The average Bonchev–Trinajstić information content (AvgIpc) is 3.19. The molecule has 0 aliphatic heterocycles. The van der Waals surface area contributed by atoms with Gasteiger partial charge in [0, 0.05) is 19.3 Å². The van der Waals surface area contributed by atoms with Gasteiger partial charge in [0.25, 0.3) is 0 Å². The van der Waals surface area contributed by atoms with Crippen molar-refractivity contribution in [2.45, 2.75) is 200 Å². The molecule has 56 heavy (non-hydrogen) atoms. The van der Waals surface area contributed by atoms with Crippen LogP contribution in [-0.2, 0) is 28.6 Å². The Hall–Kier alpha value is -3.41. The van der Waals surface area contributed by atoms with Crippen LogP contribution in [0.4, 0.5) is 0 Å². The largest absolute Gasteiger partial charge is 0.462 e. The highest BCUT2D eigenvalue weighted by Gasteiger charge is 2.19. The summed E-state index contributed by atoms with van der Waals surface area (Å²) in [5.41, 5.74) is 0. The van der Waals surface area contributed by atoms with E-state index in [1.54, 1.807) is 0 Å². The van der Waals surface area contributed by atoms with Crippen LogP contribution in [0.2, 0.25) is 0 Å². The number of carbonyl (C=O) groups is 3. The Morgan fingerprint density at radius 1 is 0.375 bits per heavy atom. The fraction of sp³-hybridized carbons (Fsp3) is 0.660. The molecule has 0 aromatic heterocycles. The number of esters is 3. The van der Waals surface area contributed by atoms with Crippen molar-refractivity contribution >= 4 is 17.9 Å². The SMILES string of the molecule is CC/C=C\C/C=C\CCCCC(=O)OCC(COC(=O)CCC/C=C\C/C=C\C/C=C\C/C=C\CCCCC)OC(=O)CCCCCCC/C=C\CCCCC. The first-order chi connectivity index (χ1) is 27.5. The predicted octanol–water partition coefficient (Wildman–Crippen LogP) is 14.5. The number of ether oxygens (including phenoxy) is 3. The first kappa shape index (κ1) is 52.6. The van der Waals surface area contributed by atoms with E-state index in [1.807, 2.05) is 0 Å². The lowest BCUT2D eigenvalue weighted by molar-refractivity contribution is -0.167. The summed E-state index contributed by atoms with van der Waals surface area (Å²) in [7, 11) is 0. The summed E-state index contributed by atoms with van der Waals surface area (Å²) in [6, 6.07) is 0. The highest BCUT2D eigenvalue weighted by Crippen LogP contribution is 2.11. The second-order valence-electron chi connectivity index (χ2n) is 14.6. The average molecular weight is 779 g/mol. The Labute approximate surface area is 344 Å².